The Morgan fingerprint density at radius 1 is 1.11 bits per heavy atom. The summed E-state index contributed by atoms with van der Waals surface area (Å²) < 4.78 is 31.6. The van der Waals surface area contributed by atoms with E-state index in [0.717, 1.165) is 10.2 Å². The molecule has 2 heterocycles. The van der Waals surface area contributed by atoms with Crippen LogP contribution >= 0.6 is 23.1 Å². The van der Waals surface area contributed by atoms with Gasteiger partial charge in [0.1, 0.15) is 5.76 Å². The van der Waals surface area contributed by atoms with Crippen LogP contribution in [0.1, 0.15) is 16.3 Å². The van der Waals surface area contributed by atoms with Crippen LogP contribution in [0.15, 0.2) is 70.0 Å². The summed E-state index contributed by atoms with van der Waals surface area (Å²) in [5.41, 5.74) is 1.30. The molecule has 8 heteroatoms. The second-order valence-electron chi connectivity index (χ2n) is 5.89. The summed E-state index contributed by atoms with van der Waals surface area (Å²) in [5, 5.41) is 0.481. The van der Waals surface area contributed by atoms with Gasteiger partial charge in [-0.3, -0.25) is 4.79 Å². The molecule has 0 aliphatic carbocycles. The van der Waals surface area contributed by atoms with Crippen molar-refractivity contribution in [3.63, 3.8) is 0 Å². The molecule has 0 bridgehead atoms. The largest absolute Gasteiger partial charge is 0.456 e. The van der Waals surface area contributed by atoms with Crippen molar-refractivity contribution in [3.05, 3.63) is 72.2 Å². The number of hydrogen-bond acceptors (Lipinski definition) is 5. The number of para-hydroxylation sites is 1. The second-order valence-corrected chi connectivity index (χ2v) is 7.96. The zero-order valence-electron chi connectivity index (χ0n) is 14.6. The van der Waals surface area contributed by atoms with E-state index in [2.05, 4.69) is 4.98 Å². The summed E-state index contributed by atoms with van der Waals surface area (Å²) in [7, 11) is 0. The SMILES string of the molecule is Cc1ccc(C(=O)N(c2ccc(SC(F)F)cc2)c2nc3ccccc3s2)o1. The highest BCUT2D eigenvalue weighted by atomic mass is 32.2. The average molecular weight is 416 g/mol. The van der Waals surface area contributed by atoms with Crippen LogP contribution in [0.4, 0.5) is 19.6 Å². The molecule has 4 nitrogen and oxygen atoms in total. The average Bonchev–Trinajstić information content (AvgIpc) is 3.29. The van der Waals surface area contributed by atoms with Crippen LogP contribution in [0, 0.1) is 6.92 Å². The summed E-state index contributed by atoms with van der Waals surface area (Å²) in [6.45, 7) is 1.76. The predicted molar refractivity (Wildman–Crippen MR) is 108 cm³/mol. The third-order valence-corrected chi connectivity index (χ3v) is 5.69. The number of amides is 1. The predicted octanol–water partition coefficient (Wildman–Crippen LogP) is 6.49. The summed E-state index contributed by atoms with van der Waals surface area (Å²) in [4.78, 5) is 19.6. The Morgan fingerprint density at radius 3 is 2.50 bits per heavy atom. The van der Waals surface area contributed by atoms with Crippen LogP contribution in [-0.2, 0) is 0 Å². The van der Waals surface area contributed by atoms with Gasteiger partial charge in [-0.1, -0.05) is 35.2 Å². The fourth-order valence-corrected chi connectivity index (χ4v) is 4.19. The lowest BCUT2D eigenvalue weighted by atomic mass is 10.2. The lowest BCUT2D eigenvalue weighted by molar-refractivity contribution is 0.0971. The Labute approximate surface area is 167 Å². The van der Waals surface area contributed by atoms with Crippen LogP contribution in [0.3, 0.4) is 0 Å². The molecule has 0 saturated heterocycles. The molecule has 1 amide bonds. The van der Waals surface area contributed by atoms with E-state index in [0.29, 0.717) is 33.2 Å². The first-order valence-corrected chi connectivity index (χ1v) is 10.0. The number of aromatic nitrogens is 1. The number of furan rings is 1. The molecule has 2 aromatic heterocycles. The Bertz CT molecular complexity index is 1090. The van der Waals surface area contributed by atoms with E-state index >= 15 is 0 Å². The lowest BCUT2D eigenvalue weighted by Gasteiger charge is -2.19. The van der Waals surface area contributed by atoms with Crippen molar-refractivity contribution in [2.75, 3.05) is 4.90 Å². The van der Waals surface area contributed by atoms with Crippen molar-refractivity contribution >= 4 is 50.0 Å². The summed E-state index contributed by atoms with van der Waals surface area (Å²) in [5.74, 6) is -2.07. The monoisotopic (exact) mass is 416 g/mol. The number of aryl methyl sites for hydroxylation is 1. The standard InChI is InChI=1S/C20H14F2N2O2S2/c1-12-6-11-16(26-12)18(25)24(13-7-9-14(10-8-13)27-19(21)22)20-23-15-4-2-3-5-17(15)28-20/h2-11,19H,1H3. The third-order valence-electron chi connectivity index (χ3n) is 3.95. The quantitative estimate of drug-likeness (QED) is 0.349. The highest BCUT2D eigenvalue weighted by Gasteiger charge is 2.25. The number of benzene rings is 2. The van der Waals surface area contributed by atoms with Crippen molar-refractivity contribution in [3.8, 4) is 0 Å². The van der Waals surface area contributed by atoms with E-state index in [1.807, 2.05) is 24.3 Å². The molecule has 0 spiro atoms. The van der Waals surface area contributed by atoms with Crippen molar-refractivity contribution in [2.24, 2.45) is 0 Å². The summed E-state index contributed by atoms with van der Waals surface area (Å²) in [6.07, 6.45) is 0. The molecule has 2 aromatic carbocycles. The van der Waals surface area contributed by atoms with Gasteiger partial charge in [0, 0.05) is 4.90 Å². The minimum Gasteiger partial charge on any atom is -0.456 e. The zero-order chi connectivity index (χ0) is 19.7. The normalized spacial score (nSPS) is 11.3. The molecule has 0 aliphatic rings. The first-order chi connectivity index (χ1) is 13.5. The van der Waals surface area contributed by atoms with E-state index in [1.165, 1.54) is 16.2 Å². The second kappa shape index (κ2) is 7.73. The lowest BCUT2D eigenvalue weighted by Crippen LogP contribution is -2.25. The van der Waals surface area contributed by atoms with Crippen molar-refractivity contribution < 1.29 is 18.0 Å². The number of hydrogen-bond donors (Lipinski definition) is 0. The fraction of sp³-hybridized carbons (Fsp3) is 0.100. The molecule has 28 heavy (non-hydrogen) atoms. The van der Waals surface area contributed by atoms with Gasteiger partial charge in [-0.2, -0.15) is 8.78 Å². The van der Waals surface area contributed by atoms with Gasteiger partial charge in [0.25, 0.3) is 11.7 Å². The molecule has 0 atom stereocenters. The van der Waals surface area contributed by atoms with Crippen LogP contribution < -0.4 is 4.90 Å². The Hall–Kier alpha value is -2.71. The topological polar surface area (TPSA) is 46.3 Å². The van der Waals surface area contributed by atoms with Gasteiger partial charge in [0.2, 0.25) is 0 Å². The number of thiazole rings is 1. The summed E-state index contributed by atoms with van der Waals surface area (Å²) >= 11 is 1.83. The highest BCUT2D eigenvalue weighted by Crippen LogP contribution is 2.36. The number of fused-ring (bicyclic) bond motifs is 1. The molecule has 0 aliphatic heterocycles. The van der Waals surface area contributed by atoms with Crippen molar-refractivity contribution in [1.82, 2.24) is 4.98 Å². The molecular formula is C20H14F2N2O2S2. The van der Waals surface area contributed by atoms with Crippen LogP contribution in [-0.4, -0.2) is 16.6 Å². The molecule has 0 radical (unpaired) electrons. The zero-order valence-corrected chi connectivity index (χ0v) is 16.3. The number of thioether (sulfide) groups is 1. The molecule has 142 valence electrons. The number of carbonyl (C=O) groups excluding carboxylic acids is 1. The van der Waals surface area contributed by atoms with Gasteiger partial charge in [-0.05, 0) is 55.5 Å². The minimum atomic E-state index is -2.50. The van der Waals surface area contributed by atoms with Gasteiger partial charge < -0.3 is 4.42 Å². The maximum Gasteiger partial charge on any atom is 0.300 e. The fourth-order valence-electron chi connectivity index (χ4n) is 2.71. The van der Waals surface area contributed by atoms with Crippen molar-refractivity contribution in [1.29, 1.82) is 0 Å². The van der Waals surface area contributed by atoms with E-state index in [-0.39, 0.29) is 11.7 Å². The number of halogens is 2. The molecule has 0 unspecified atom stereocenters. The molecular weight excluding hydrogens is 402 g/mol. The molecule has 4 aromatic rings. The number of nitrogens with zero attached hydrogens (tertiary/aromatic N) is 2. The van der Waals surface area contributed by atoms with Crippen LogP contribution in [0.25, 0.3) is 10.2 Å². The number of alkyl halides is 2. The van der Waals surface area contributed by atoms with E-state index in [9.17, 15) is 13.6 Å². The van der Waals surface area contributed by atoms with Gasteiger partial charge in [0.05, 0.1) is 15.9 Å². The summed E-state index contributed by atoms with van der Waals surface area (Å²) in [6, 6.07) is 17.3. The smallest absolute Gasteiger partial charge is 0.300 e. The first-order valence-electron chi connectivity index (χ1n) is 8.32. The molecule has 4 rings (SSSR count). The Morgan fingerprint density at radius 2 is 1.86 bits per heavy atom. The molecule has 0 N–H and O–H groups in total. The van der Waals surface area contributed by atoms with E-state index in [4.69, 9.17) is 4.42 Å². The van der Waals surface area contributed by atoms with Gasteiger partial charge in [-0.25, -0.2) is 9.88 Å². The van der Waals surface area contributed by atoms with Gasteiger partial charge in [-0.15, -0.1) is 0 Å². The Kier molecular flexibility index (Phi) is 5.15. The molecule has 0 fully saturated rings. The van der Waals surface area contributed by atoms with E-state index in [1.54, 1.807) is 43.3 Å². The first kappa shape index (κ1) is 18.6. The maximum atomic E-state index is 13.2. The van der Waals surface area contributed by atoms with Crippen LogP contribution in [0.5, 0.6) is 0 Å². The number of carbonyl (C=O) groups is 1. The Balaban J connectivity index is 1.77. The van der Waals surface area contributed by atoms with Crippen molar-refractivity contribution in [2.45, 2.75) is 17.6 Å². The number of anilines is 2. The van der Waals surface area contributed by atoms with Crippen LogP contribution in [0.2, 0.25) is 0 Å². The number of rotatable bonds is 5. The van der Waals surface area contributed by atoms with Gasteiger partial charge >= 0.3 is 0 Å². The third kappa shape index (κ3) is 3.79. The minimum absolute atomic E-state index is 0.183. The van der Waals surface area contributed by atoms with Gasteiger partial charge in [0.15, 0.2) is 10.9 Å². The highest BCUT2D eigenvalue weighted by molar-refractivity contribution is 7.99. The maximum absolute atomic E-state index is 13.2. The van der Waals surface area contributed by atoms with E-state index < -0.39 is 5.76 Å². The molecule has 0 saturated carbocycles.